The molecule has 0 rings (SSSR count). The molecule has 0 fully saturated rings. The summed E-state index contributed by atoms with van der Waals surface area (Å²) in [5.74, 6) is 4.74. The van der Waals surface area contributed by atoms with Crippen LogP contribution < -0.4 is 10.9 Å². The van der Waals surface area contributed by atoms with Crippen LogP contribution in [-0.2, 0) is 0 Å². The number of carbonyl (C=O) groups is 1. The lowest BCUT2D eigenvalue weighted by molar-refractivity contribution is -0.266. The molecule has 0 atom stereocenters. The molecule has 0 heterocycles. The second-order valence-corrected chi connectivity index (χ2v) is 1.18. The van der Waals surface area contributed by atoms with Crippen molar-refractivity contribution in [2.75, 3.05) is 13.2 Å². The van der Waals surface area contributed by atoms with Crippen LogP contribution in [0.15, 0.2) is 0 Å². The van der Waals surface area contributed by atoms with E-state index < -0.39 is 6.09 Å². The Bertz CT molecular complexity index is 84.6. The molecular formula is C3H7N2O3-. The maximum Gasteiger partial charge on any atom is 0.151 e. The molecule has 0 aliphatic rings. The normalized spacial score (nSPS) is 8.75. The number of carboxylic acid groups (broad SMARTS) is 1. The van der Waals surface area contributed by atoms with E-state index in [4.69, 9.17) is 10.9 Å². The zero-order valence-corrected chi connectivity index (χ0v) is 4.20. The molecule has 0 radical (unpaired) electrons. The zero-order valence-electron chi connectivity index (χ0n) is 4.20. The van der Waals surface area contributed by atoms with Crippen molar-refractivity contribution < 1.29 is 15.0 Å². The van der Waals surface area contributed by atoms with Crippen molar-refractivity contribution in [3.8, 4) is 0 Å². The van der Waals surface area contributed by atoms with Crippen LogP contribution in [0.4, 0.5) is 4.79 Å². The van der Waals surface area contributed by atoms with Crippen molar-refractivity contribution in [3.05, 3.63) is 0 Å². The summed E-state index contributed by atoms with van der Waals surface area (Å²) in [6, 6.07) is 0. The fourth-order valence-corrected chi connectivity index (χ4v) is 0.199. The monoisotopic (exact) mass is 119 g/mol. The first kappa shape index (κ1) is 7.19. The quantitative estimate of drug-likeness (QED) is 0.239. The maximum atomic E-state index is 9.67. The van der Waals surface area contributed by atoms with Crippen molar-refractivity contribution >= 4 is 6.09 Å². The minimum atomic E-state index is -1.49. The highest BCUT2D eigenvalue weighted by Gasteiger charge is 1.92. The molecule has 0 saturated carbocycles. The lowest BCUT2D eigenvalue weighted by atomic mass is 10.7. The van der Waals surface area contributed by atoms with Crippen LogP contribution >= 0.6 is 0 Å². The van der Waals surface area contributed by atoms with Gasteiger partial charge in [0.15, 0.2) is 6.09 Å². The average Bonchev–Trinajstić information content (AvgIpc) is 1.67. The van der Waals surface area contributed by atoms with E-state index >= 15 is 0 Å². The molecule has 0 aliphatic heterocycles. The molecule has 0 unspecified atom stereocenters. The van der Waals surface area contributed by atoms with Gasteiger partial charge in [-0.2, -0.15) is 0 Å². The standard InChI is InChI=1S/C3H8N2O3/c4-5(1-2-6)3(7)8/h6H,1-2,4H2,(H,7,8)/p-1. The van der Waals surface area contributed by atoms with Crippen LogP contribution in [-0.4, -0.2) is 29.4 Å². The number of nitrogens with zero attached hydrogens (tertiary/aromatic N) is 1. The van der Waals surface area contributed by atoms with E-state index in [1.807, 2.05) is 0 Å². The second kappa shape index (κ2) is 3.23. The minimum Gasteiger partial charge on any atom is -0.529 e. The second-order valence-electron chi connectivity index (χ2n) is 1.18. The Morgan fingerprint density at radius 3 is 2.50 bits per heavy atom. The molecule has 0 aromatic rings. The molecule has 0 aliphatic carbocycles. The molecule has 1 amide bonds. The molecule has 0 aromatic carbocycles. The summed E-state index contributed by atoms with van der Waals surface area (Å²) in [5.41, 5.74) is 0. The summed E-state index contributed by atoms with van der Waals surface area (Å²) < 4.78 is 0. The van der Waals surface area contributed by atoms with Gasteiger partial charge in [-0.3, -0.25) is 5.01 Å². The molecule has 8 heavy (non-hydrogen) atoms. The van der Waals surface area contributed by atoms with Gasteiger partial charge < -0.3 is 15.0 Å². The van der Waals surface area contributed by atoms with Crippen molar-refractivity contribution in [2.24, 2.45) is 5.84 Å². The molecule has 3 N–H and O–H groups in total. The number of nitrogens with two attached hydrogens (primary N) is 1. The number of carbonyl (C=O) groups excluding carboxylic acids is 1. The fourth-order valence-electron chi connectivity index (χ4n) is 0.199. The molecule has 0 spiro atoms. The third-order valence-corrected chi connectivity index (χ3v) is 0.575. The number of amides is 1. The summed E-state index contributed by atoms with van der Waals surface area (Å²) in [4.78, 5) is 9.67. The van der Waals surface area contributed by atoms with Gasteiger partial charge >= 0.3 is 0 Å². The van der Waals surface area contributed by atoms with Gasteiger partial charge in [0.25, 0.3) is 0 Å². The van der Waals surface area contributed by atoms with Crippen LogP contribution in [0.3, 0.4) is 0 Å². The number of rotatable bonds is 2. The summed E-state index contributed by atoms with van der Waals surface area (Å²) in [5, 5.41) is 18.1. The summed E-state index contributed by atoms with van der Waals surface area (Å²) in [6.07, 6.45) is -1.49. The molecule has 48 valence electrons. The lowest BCUT2D eigenvalue weighted by Crippen LogP contribution is -2.47. The highest BCUT2D eigenvalue weighted by Crippen LogP contribution is 1.70. The molecule has 5 heteroatoms. The molecule has 0 aromatic heterocycles. The Morgan fingerprint density at radius 2 is 2.38 bits per heavy atom. The van der Waals surface area contributed by atoms with Gasteiger partial charge in [-0.1, -0.05) is 0 Å². The molecule has 0 saturated heterocycles. The number of hydrogen-bond donors (Lipinski definition) is 2. The molecule has 0 bridgehead atoms. The van der Waals surface area contributed by atoms with E-state index in [0.717, 1.165) is 0 Å². The van der Waals surface area contributed by atoms with Gasteiger partial charge in [-0.25, -0.2) is 5.84 Å². The van der Waals surface area contributed by atoms with E-state index in [0.29, 0.717) is 5.01 Å². The van der Waals surface area contributed by atoms with Gasteiger partial charge in [-0.05, 0) is 0 Å². The van der Waals surface area contributed by atoms with E-state index in [-0.39, 0.29) is 13.2 Å². The van der Waals surface area contributed by atoms with Gasteiger partial charge in [0.05, 0.1) is 13.2 Å². The lowest BCUT2D eigenvalue weighted by Gasteiger charge is -2.16. The van der Waals surface area contributed by atoms with Gasteiger partial charge in [-0.15, -0.1) is 0 Å². The van der Waals surface area contributed by atoms with Crippen molar-refractivity contribution in [1.29, 1.82) is 0 Å². The third-order valence-electron chi connectivity index (χ3n) is 0.575. The Hall–Kier alpha value is -0.810. The van der Waals surface area contributed by atoms with E-state index in [1.54, 1.807) is 0 Å². The van der Waals surface area contributed by atoms with Crippen molar-refractivity contribution in [3.63, 3.8) is 0 Å². The predicted molar refractivity (Wildman–Crippen MR) is 23.4 cm³/mol. The Morgan fingerprint density at radius 1 is 1.88 bits per heavy atom. The number of hydrogen-bond acceptors (Lipinski definition) is 4. The van der Waals surface area contributed by atoms with Crippen LogP contribution in [0, 0.1) is 0 Å². The van der Waals surface area contributed by atoms with E-state index in [2.05, 4.69) is 0 Å². The summed E-state index contributed by atoms with van der Waals surface area (Å²) in [6.45, 7) is -0.396. The smallest absolute Gasteiger partial charge is 0.151 e. The Labute approximate surface area is 46.3 Å². The highest BCUT2D eigenvalue weighted by atomic mass is 16.4. The van der Waals surface area contributed by atoms with Gasteiger partial charge in [0.2, 0.25) is 0 Å². The van der Waals surface area contributed by atoms with Gasteiger partial charge in [0.1, 0.15) is 0 Å². The van der Waals surface area contributed by atoms with Crippen LogP contribution in [0.5, 0.6) is 0 Å². The minimum absolute atomic E-state index is 0.109. The third kappa shape index (κ3) is 2.38. The molecular weight excluding hydrogens is 112 g/mol. The van der Waals surface area contributed by atoms with E-state index in [1.165, 1.54) is 0 Å². The Kier molecular flexibility index (Phi) is 2.90. The van der Waals surface area contributed by atoms with Crippen molar-refractivity contribution in [2.45, 2.75) is 0 Å². The number of aliphatic hydroxyl groups is 1. The van der Waals surface area contributed by atoms with Crippen molar-refractivity contribution in [1.82, 2.24) is 5.01 Å². The average molecular weight is 119 g/mol. The van der Waals surface area contributed by atoms with Gasteiger partial charge in [0, 0.05) is 0 Å². The van der Waals surface area contributed by atoms with Crippen LogP contribution in [0.2, 0.25) is 0 Å². The first-order valence-corrected chi connectivity index (χ1v) is 2.02. The highest BCUT2D eigenvalue weighted by molar-refractivity contribution is 5.61. The first-order chi connectivity index (χ1) is 3.68. The SMILES string of the molecule is NN(CCO)C(=O)[O-]. The Balaban J connectivity index is 3.32. The van der Waals surface area contributed by atoms with E-state index in [9.17, 15) is 9.90 Å². The van der Waals surface area contributed by atoms with Crippen LogP contribution in [0.1, 0.15) is 0 Å². The maximum absolute atomic E-state index is 9.67. The number of hydrazine groups is 1. The summed E-state index contributed by atoms with van der Waals surface area (Å²) in [7, 11) is 0. The number of aliphatic hydroxyl groups excluding tert-OH is 1. The zero-order chi connectivity index (χ0) is 6.57. The topological polar surface area (TPSA) is 89.6 Å². The molecule has 5 nitrogen and oxygen atoms in total. The fraction of sp³-hybridized carbons (Fsp3) is 0.667. The summed E-state index contributed by atoms with van der Waals surface area (Å²) >= 11 is 0. The largest absolute Gasteiger partial charge is 0.529 e. The first-order valence-electron chi connectivity index (χ1n) is 2.02. The van der Waals surface area contributed by atoms with Crippen LogP contribution in [0.25, 0.3) is 0 Å². The predicted octanol–water partition coefficient (Wildman–Crippen LogP) is -2.50.